The first-order chi connectivity index (χ1) is 8.54. The maximum atomic E-state index is 11.7. The van der Waals surface area contributed by atoms with Crippen LogP contribution in [0.1, 0.15) is 47.4 Å². The topological polar surface area (TPSA) is 72.2 Å². The fourth-order valence-electron chi connectivity index (χ4n) is 1.53. The van der Waals surface area contributed by atoms with Gasteiger partial charge in [0.15, 0.2) is 5.78 Å². The average molecular weight is 248 g/mol. The molecule has 0 spiro atoms. The number of amides is 1. The zero-order valence-electron chi connectivity index (χ0n) is 10.9. The summed E-state index contributed by atoms with van der Waals surface area (Å²) in [6.07, 6.45) is 1.22. The highest BCUT2D eigenvalue weighted by molar-refractivity contribution is 5.98. The molecule has 0 fully saturated rings. The van der Waals surface area contributed by atoms with Crippen molar-refractivity contribution in [2.24, 2.45) is 5.73 Å². The Morgan fingerprint density at radius 2 is 1.78 bits per heavy atom. The van der Waals surface area contributed by atoms with Gasteiger partial charge in [0.05, 0.1) is 0 Å². The van der Waals surface area contributed by atoms with Crippen molar-refractivity contribution < 1.29 is 9.59 Å². The number of Topliss-reactive ketones (excluding diaryl/α,β-unsaturated/α-hetero) is 1. The molecule has 0 aliphatic rings. The largest absolute Gasteiger partial charge is 0.352 e. The van der Waals surface area contributed by atoms with Crippen molar-refractivity contribution in [3.8, 4) is 0 Å². The minimum absolute atomic E-state index is 0.0786. The van der Waals surface area contributed by atoms with Crippen LogP contribution in [0.15, 0.2) is 24.3 Å². The highest BCUT2D eigenvalue weighted by Crippen LogP contribution is 2.07. The van der Waals surface area contributed by atoms with Gasteiger partial charge in [0.1, 0.15) is 0 Å². The summed E-state index contributed by atoms with van der Waals surface area (Å²) in [5, 5.41) is 2.79. The summed E-state index contributed by atoms with van der Waals surface area (Å²) in [6.45, 7) is 4.28. The van der Waals surface area contributed by atoms with Crippen molar-refractivity contribution in [3.63, 3.8) is 0 Å². The lowest BCUT2D eigenvalue weighted by Crippen LogP contribution is -2.28. The second-order valence-electron chi connectivity index (χ2n) is 4.38. The summed E-state index contributed by atoms with van der Waals surface area (Å²) < 4.78 is 0. The Labute approximate surface area is 108 Å². The molecule has 1 atom stereocenters. The Morgan fingerprint density at radius 1 is 1.22 bits per heavy atom. The van der Waals surface area contributed by atoms with Gasteiger partial charge >= 0.3 is 0 Å². The number of rotatable bonds is 6. The molecule has 18 heavy (non-hydrogen) atoms. The van der Waals surface area contributed by atoms with Crippen LogP contribution in [0, 0.1) is 0 Å². The first kappa shape index (κ1) is 14.4. The zero-order valence-corrected chi connectivity index (χ0v) is 10.9. The molecule has 0 saturated carbocycles. The van der Waals surface area contributed by atoms with E-state index in [1.165, 1.54) is 0 Å². The number of nitrogens with one attached hydrogen (secondary N) is 1. The minimum Gasteiger partial charge on any atom is -0.352 e. The van der Waals surface area contributed by atoms with E-state index in [9.17, 15) is 9.59 Å². The fourth-order valence-corrected chi connectivity index (χ4v) is 1.53. The first-order valence-corrected chi connectivity index (χ1v) is 6.21. The molecule has 0 aliphatic heterocycles. The summed E-state index contributed by atoms with van der Waals surface area (Å²) in [6, 6.07) is 6.79. The van der Waals surface area contributed by atoms with Crippen molar-refractivity contribution in [1.82, 2.24) is 5.32 Å². The van der Waals surface area contributed by atoms with E-state index in [0.29, 0.717) is 24.1 Å². The lowest BCUT2D eigenvalue weighted by Gasteiger charge is -2.07. The maximum absolute atomic E-state index is 11.7. The minimum atomic E-state index is -0.133. The third-order valence-corrected chi connectivity index (χ3v) is 2.68. The maximum Gasteiger partial charge on any atom is 0.251 e. The number of ketones is 1. The molecule has 0 saturated heterocycles. The summed E-state index contributed by atoms with van der Waals surface area (Å²) in [5.74, 6) is -0.0509. The average Bonchev–Trinajstić information content (AvgIpc) is 2.37. The smallest absolute Gasteiger partial charge is 0.251 e. The number of hydrogen-bond acceptors (Lipinski definition) is 3. The van der Waals surface area contributed by atoms with Crippen molar-refractivity contribution in [2.75, 3.05) is 6.54 Å². The van der Waals surface area contributed by atoms with E-state index >= 15 is 0 Å². The van der Waals surface area contributed by atoms with E-state index in [4.69, 9.17) is 5.73 Å². The molecule has 1 aromatic carbocycles. The Morgan fingerprint density at radius 3 is 2.28 bits per heavy atom. The summed E-state index contributed by atoms with van der Waals surface area (Å²) in [7, 11) is 0. The number of benzene rings is 1. The molecule has 1 unspecified atom stereocenters. The molecular weight excluding hydrogens is 228 g/mol. The molecular formula is C14H20N2O2. The van der Waals surface area contributed by atoms with Gasteiger partial charge in [-0.2, -0.15) is 0 Å². The van der Waals surface area contributed by atoms with Gasteiger partial charge in [-0.05, 0) is 25.5 Å². The van der Waals surface area contributed by atoms with E-state index in [2.05, 4.69) is 5.32 Å². The van der Waals surface area contributed by atoms with Gasteiger partial charge < -0.3 is 11.1 Å². The molecule has 0 heterocycles. The molecule has 4 nitrogen and oxygen atoms in total. The van der Waals surface area contributed by atoms with Crippen LogP contribution >= 0.6 is 0 Å². The number of nitrogens with two attached hydrogens (primary N) is 1. The van der Waals surface area contributed by atoms with Crippen molar-refractivity contribution in [3.05, 3.63) is 35.4 Å². The van der Waals surface area contributed by atoms with Crippen LogP contribution in [0.2, 0.25) is 0 Å². The molecule has 3 N–H and O–H groups in total. The van der Waals surface area contributed by atoms with E-state index in [1.807, 2.05) is 13.8 Å². The Hall–Kier alpha value is -1.68. The number of carbonyl (C=O) groups excluding carboxylic acids is 2. The molecule has 1 aromatic rings. The van der Waals surface area contributed by atoms with Crippen LogP contribution in [0.5, 0.6) is 0 Å². The second-order valence-corrected chi connectivity index (χ2v) is 4.38. The highest BCUT2D eigenvalue weighted by Gasteiger charge is 2.07. The van der Waals surface area contributed by atoms with Gasteiger partial charge in [0.25, 0.3) is 5.91 Å². The Balaban J connectivity index is 2.56. The van der Waals surface area contributed by atoms with Gasteiger partial charge in [0, 0.05) is 30.1 Å². The third kappa shape index (κ3) is 4.30. The van der Waals surface area contributed by atoms with Crippen LogP contribution < -0.4 is 11.1 Å². The van der Waals surface area contributed by atoms with Crippen LogP contribution in [0.25, 0.3) is 0 Å². The van der Waals surface area contributed by atoms with Crippen LogP contribution in [-0.4, -0.2) is 24.3 Å². The molecule has 0 aliphatic carbocycles. The molecule has 4 heteroatoms. The Bertz CT molecular complexity index is 410. The summed E-state index contributed by atoms with van der Waals surface area (Å²) >= 11 is 0. The number of hydrogen-bond donors (Lipinski definition) is 2. The molecule has 0 aromatic heterocycles. The lowest BCUT2D eigenvalue weighted by molar-refractivity contribution is 0.0949. The second kappa shape index (κ2) is 6.91. The van der Waals surface area contributed by atoms with Crippen LogP contribution in [0.4, 0.5) is 0 Å². The van der Waals surface area contributed by atoms with E-state index in [-0.39, 0.29) is 17.7 Å². The summed E-state index contributed by atoms with van der Waals surface area (Å²) in [5.41, 5.74) is 6.80. The predicted octanol–water partition coefficient (Wildman–Crippen LogP) is 1.75. The van der Waals surface area contributed by atoms with Crippen LogP contribution in [0.3, 0.4) is 0 Å². The van der Waals surface area contributed by atoms with Crippen LogP contribution in [-0.2, 0) is 0 Å². The van der Waals surface area contributed by atoms with Gasteiger partial charge in [-0.25, -0.2) is 0 Å². The van der Waals surface area contributed by atoms with E-state index in [1.54, 1.807) is 24.3 Å². The molecule has 1 amide bonds. The van der Waals surface area contributed by atoms with Crippen molar-refractivity contribution in [2.45, 2.75) is 32.7 Å². The predicted molar refractivity (Wildman–Crippen MR) is 71.7 cm³/mol. The molecule has 0 radical (unpaired) electrons. The van der Waals surface area contributed by atoms with Gasteiger partial charge in [-0.1, -0.05) is 19.1 Å². The monoisotopic (exact) mass is 248 g/mol. The normalized spacial score (nSPS) is 11.9. The van der Waals surface area contributed by atoms with Gasteiger partial charge in [0.2, 0.25) is 0 Å². The molecule has 98 valence electrons. The first-order valence-electron chi connectivity index (χ1n) is 6.21. The fraction of sp³-hybridized carbons (Fsp3) is 0.429. The number of carbonyl (C=O) groups is 2. The van der Waals surface area contributed by atoms with E-state index in [0.717, 1.165) is 6.42 Å². The van der Waals surface area contributed by atoms with Gasteiger partial charge in [-0.3, -0.25) is 9.59 Å². The molecule has 1 rings (SSSR count). The lowest BCUT2D eigenvalue weighted by atomic mass is 10.1. The van der Waals surface area contributed by atoms with Crippen molar-refractivity contribution >= 4 is 11.7 Å². The molecule has 0 bridgehead atoms. The van der Waals surface area contributed by atoms with E-state index < -0.39 is 0 Å². The standard InChI is InChI=1S/C14H20N2O2/c1-3-13(17)11-4-6-12(7-5-11)14(18)16-9-8-10(2)15/h4-7,10H,3,8-9,15H2,1-2H3,(H,16,18). The third-order valence-electron chi connectivity index (χ3n) is 2.68. The van der Waals surface area contributed by atoms with Crippen molar-refractivity contribution in [1.29, 1.82) is 0 Å². The Kier molecular flexibility index (Phi) is 5.52. The quantitative estimate of drug-likeness (QED) is 0.753. The van der Waals surface area contributed by atoms with Gasteiger partial charge in [-0.15, -0.1) is 0 Å². The highest BCUT2D eigenvalue weighted by atomic mass is 16.1. The summed E-state index contributed by atoms with van der Waals surface area (Å²) in [4.78, 5) is 23.2. The zero-order chi connectivity index (χ0) is 13.5. The SMILES string of the molecule is CCC(=O)c1ccc(C(=O)NCCC(C)N)cc1.